The van der Waals surface area contributed by atoms with Gasteiger partial charge >= 0.3 is 0 Å². The molecule has 0 aliphatic rings. The Morgan fingerprint density at radius 2 is 1.67 bits per heavy atom. The molecule has 1 aromatic rings. The van der Waals surface area contributed by atoms with Gasteiger partial charge in [-0.2, -0.15) is 0 Å². The molecule has 0 saturated heterocycles. The maximum absolute atomic E-state index is 5.34. The van der Waals surface area contributed by atoms with E-state index in [0.717, 1.165) is 5.75 Å². The van der Waals surface area contributed by atoms with Gasteiger partial charge < -0.3 is 4.74 Å². The number of hydrogen-bond acceptors (Lipinski definition) is 2. The minimum absolute atomic E-state index is 0.251. The Labute approximate surface area is 100 Å². The van der Waals surface area contributed by atoms with E-state index < -0.39 is 0 Å². The number of hydrogen-bond donors (Lipinski definition) is 0. The van der Waals surface area contributed by atoms with Crippen LogP contribution in [-0.2, 0) is 0 Å². The molecule has 0 aromatic heterocycles. The number of rotatable bonds is 3. The van der Waals surface area contributed by atoms with E-state index in [1.807, 2.05) is 14.1 Å². The molecule has 1 unspecified atom stereocenters. The van der Waals surface area contributed by atoms with Gasteiger partial charge in [0.1, 0.15) is 5.75 Å². The highest BCUT2D eigenvalue weighted by atomic mass is 79.9. The van der Waals surface area contributed by atoms with Crippen LogP contribution in [0.4, 0.5) is 0 Å². The monoisotopic (exact) mass is 271 g/mol. The summed E-state index contributed by atoms with van der Waals surface area (Å²) in [5.41, 5.74) is 3.62. The Hall–Kier alpha value is -0.540. The van der Waals surface area contributed by atoms with E-state index in [1.165, 1.54) is 16.7 Å². The minimum Gasteiger partial charge on any atom is -0.496 e. The summed E-state index contributed by atoms with van der Waals surface area (Å²) >= 11 is 3.65. The van der Waals surface area contributed by atoms with Crippen LogP contribution in [0.1, 0.15) is 21.6 Å². The Bertz CT molecular complexity index is 326. The summed E-state index contributed by atoms with van der Waals surface area (Å²) in [6.07, 6.45) is 0. The molecule has 0 aliphatic carbocycles. The number of nitrogens with zero attached hydrogens (tertiary/aromatic N) is 1. The quantitative estimate of drug-likeness (QED) is 0.618. The van der Waals surface area contributed by atoms with Crippen LogP contribution in [0, 0.1) is 13.8 Å². The van der Waals surface area contributed by atoms with Gasteiger partial charge in [0.15, 0.2) is 0 Å². The van der Waals surface area contributed by atoms with Crippen molar-refractivity contribution in [2.45, 2.75) is 18.8 Å². The normalized spacial score (nSPS) is 13.0. The smallest absolute Gasteiger partial charge is 0.124 e. The van der Waals surface area contributed by atoms with Crippen LogP contribution in [0.3, 0.4) is 0 Å². The van der Waals surface area contributed by atoms with Crippen molar-refractivity contribution in [1.29, 1.82) is 0 Å². The standard InChI is InChI=1S/C12H18BrNO/c1-8-6-10(12(13)14(3)4)7-9(2)11(8)15-5/h6-7,12H,1-5H3. The molecule has 0 heterocycles. The predicted molar refractivity (Wildman–Crippen MR) is 67.8 cm³/mol. The first kappa shape index (κ1) is 12.5. The summed E-state index contributed by atoms with van der Waals surface area (Å²) in [6.45, 7) is 4.15. The van der Waals surface area contributed by atoms with E-state index >= 15 is 0 Å². The van der Waals surface area contributed by atoms with Crippen LogP contribution >= 0.6 is 15.9 Å². The third-order valence-electron chi connectivity index (χ3n) is 2.42. The van der Waals surface area contributed by atoms with Gasteiger partial charge in [0.05, 0.1) is 12.1 Å². The molecule has 2 nitrogen and oxygen atoms in total. The van der Waals surface area contributed by atoms with E-state index in [4.69, 9.17) is 4.74 Å². The van der Waals surface area contributed by atoms with Crippen molar-refractivity contribution in [3.05, 3.63) is 28.8 Å². The largest absolute Gasteiger partial charge is 0.496 e. The average molecular weight is 272 g/mol. The number of ether oxygens (including phenoxy) is 1. The van der Waals surface area contributed by atoms with Crippen molar-refractivity contribution in [2.75, 3.05) is 21.2 Å². The molecule has 1 aromatic carbocycles. The SMILES string of the molecule is COc1c(C)cc(C(Br)N(C)C)cc1C. The first-order valence-electron chi connectivity index (χ1n) is 4.93. The highest BCUT2D eigenvalue weighted by molar-refractivity contribution is 9.09. The third-order valence-corrected chi connectivity index (χ3v) is 3.76. The predicted octanol–water partition coefficient (Wildman–Crippen LogP) is 3.27. The number of benzene rings is 1. The first-order chi connectivity index (χ1) is 6.97. The summed E-state index contributed by atoms with van der Waals surface area (Å²) in [6, 6.07) is 4.32. The van der Waals surface area contributed by atoms with E-state index in [2.05, 4.69) is 46.8 Å². The van der Waals surface area contributed by atoms with Crippen LogP contribution in [0.2, 0.25) is 0 Å². The molecule has 0 amide bonds. The van der Waals surface area contributed by atoms with E-state index in [-0.39, 0.29) is 4.95 Å². The zero-order valence-electron chi connectivity index (χ0n) is 9.97. The second-order valence-electron chi connectivity index (χ2n) is 3.99. The Balaban J connectivity index is 3.14. The van der Waals surface area contributed by atoms with E-state index in [0.29, 0.717) is 0 Å². The van der Waals surface area contributed by atoms with Crippen LogP contribution in [0.15, 0.2) is 12.1 Å². The fourth-order valence-electron chi connectivity index (χ4n) is 1.74. The summed E-state index contributed by atoms with van der Waals surface area (Å²) in [4.78, 5) is 2.38. The van der Waals surface area contributed by atoms with E-state index in [1.54, 1.807) is 7.11 Å². The molecule has 0 bridgehead atoms. The van der Waals surface area contributed by atoms with Gasteiger partial charge in [-0.3, -0.25) is 4.90 Å². The van der Waals surface area contributed by atoms with Gasteiger partial charge in [-0.05, 0) is 56.8 Å². The van der Waals surface area contributed by atoms with Crippen LogP contribution in [0.25, 0.3) is 0 Å². The summed E-state index contributed by atoms with van der Waals surface area (Å²) < 4.78 is 5.34. The van der Waals surface area contributed by atoms with Gasteiger partial charge in [-0.25, -0.2) is 0 Å². The number of methoxy groups -OCH3 is 1. The second-order valence-corrected chi connectivity index (χ2v) is 4.85. The fourth-order valence-corrected chi connectivity index (χ4v) is 2.01. The average Bonchev–Trinajstić information content (AvgIpc) is 2.15. The lowest BCUT2D eigenvalue weighted by Crippen LogP contribution is -2.14. The highest BCUT2D eigenvalue weighted by Gasteiger charge is 2.13. The van der Waals surface area contributed by atoms with Crippen molar-refractivity contribution in [3.8, 4) is 5.75 Å². The molecule has 3 heteroatoms. The van der Waals surface area contributed by atoms with Gasteiger partial charge in [0.2, 0.25) is 0 Å². The van der Waals surface area contributed by atoms with Crippen molar-refractivity contribution in [2.24, 2.45) is 0 Å². The second kappa shape index (κ2) is 4.99. The lowest BCUT2D eigenvalue weighted by atomic mass is 10.1. The molecule has 84 valence electrons. The molecular weight excluding hydrogens is 254 g/mol. The van der Waals surface area contributed by atoms with Crippen molar-refractivity contribution >= 4 is 15.9 Å². The Morgan fingerprint density at radius 1 is 1.20 bits per heavy atom. The van der Waals surface area contributed by atoms with Crippen molar-refractivity contribution in [3.63, 3.8) is 0 Å². The van der Waals surface area contributed by atoms with Crippen LogP contribution in [-0.4, -0.2) is 26.1 Å². The topological polar surface area (TPSA) is 12.5 Å². The molecule has 0 N–H and O–H groups in total. The van der Waals surface area contributed by atoms with Crippen LogP contribution < -0.4 is 4.74 Å². The third kappa shape index (κ3) is 2.73. The van der Waals surface area contributed by atoms with Gasteiger partial charge in [0.25, 0.3) is 0 Å². The number of halogens is 1. The maximum Gasteiger partial charge on any atom is 0.124 e. The molecule has 0 spiro atoms. The number of alkyl halides is 1. The Morgan fingerprint density at radius 3 is 2.00 bits per heavy atom. The molecule has 1 atom stereocenters. The summed E-state index contributed by atoms with van der Waals surface area (Å²) in [7, 11) is 5.81. The van der Waals surface area contributed by atoms with Crippen molar-refractivity contribution < 1.29 is 4.74 Å². The van der Waals surface area contributed by atoms with E-state index in [9.17, 15) is 0 Å². The summed E-state index contributed by atoms with van der Waals surface area (Å²) in [5, 5.41) is 0. The minimum atomic E-state index is 0.251. The zero-order valence-corrected chi connectivity index (χ0v) is 11.6. The number of aryl methyl sites for hydroxylation is 2. The van der Waals surface area contributed by atoms with Crippen LogP contribution in [0.5, 0.6) is 5.75 Å². The lowest BCUT2D eigenvalue weighted by molar-refractivity contribution is 0.394. The van der Waals surface area contributed by atoms with Gasteiger partial charge in [0, 0.05) is 0 Å². The van der Waals surface area contributed by atoms with Gasteiger partial charge in [-0.15, -0.1) is 0 Å². The van der Waals surface area contributed by atoms with Gasteiger partial charge in [-0.1, -0.05) is 15.9 Å². The maximum atomic E-state index is 5.34. The zero-order chi connectivity index (χ0) is 11.6. The Kier molecular flexibility index (Phi) is 4.17. The molecule has 15 heavy (non-hydrogen) atoms. The molecule has 1 rings (SSSR count). The molecule has 0 saturated carbocycles. The molecule has 0 aliphatic heterocycles. The first-order valence-corrected chi connectivity index (χ1v) is 5.84. The molecular formula is C12H18BrNO. The fraction of sp³-hybridized carbons (Fsp3) is 0.500. The molecule has 0 fully saturated rings. The molecule has 0 radical (unpaired) electrons. The lowest BCUT2D eigenvalue weighted by Gasteiger charge is -2.20. The highest BCUT2D eigenvalue weighted by Crippen LogP contribution is 2.31. The summed E-state index contributed by atoms with van der Waals surface area (Å²) in [5.74, 6) is 0.984. The van der Waals surface area contributed by atoms with Crippen molar-refractivity contribution in [1.82, 2.24) is 4.90 Å².